The van der Waals surface area contributed by atoms with Gasteiger partial charge in [-0.3, -0.25) is 4.79 Å². The van der Waals surface area contributed by atoms with Crippen molar-refractivity contribution < 1.29 is 9.59 Å². The van der Waals surface area contributed by atoms with E-state index in [2.05, 4.69) is 10.6 Å². The predicted molar refractivity (Wildman–Crippen MR) is 70.1 cm³/mol. The van der Waals surface area contributed by atoms with Crippen molar-refractivity contribution in [2.24, 2.45) is 5.73 Å². The maximum atomic E-state index is 11.4. The molecule has 1 heterocycles. The smallest absolute Gasteiger partial charge is 0.314 e. The Bertz CT molecular complexity index is 275. The molecular weight excluding hydrogens is 232 g/mol. The van der Waals surface area contributed by atoms with Gasteiger partial charge in [-0.15, -0.1) is 0 Å². The summed E-state index contributed by atoms with van der Waals surface area (Å²) in [5.74, 6) is 0.0962. The maximum absolute atomic E-state index is 11.4. The Morgan fingerprint density at radius 2 is 1.94 bits per heavy atom. The zero-order valence-electron chi connectivity index (χ0n) is 11.1. The molecule has 1 aliphatic heterocycles. The highest BCUT2D eigenvalue weighted by Gasteiger charge is 2.20. The van der Waals surface area contributed by atoms with E-state index in [1.54, 1.807) is 4.90 Å². The standard InChI is InChI=1S/C12H24N4O2/c1-2-6-15-11(17)3-7-14-10-4-8-16(9-5-10)12(13)18/h10,14H,2-9H2,1H3,(H2,13,18)(H,15,17). The fraction of sp³-hybridized carbons (Fsp3) is 0.833. The van der Waals surface area contributed by atoms with E-state index >= 15 is 0 Å². The number of primary amides is 1. The summed E-state index contributed by atoms with van der Waals surface area (Å²) in [6.45, 7) is 4.88. The molecule has 4 N–H and O–H groups in total. The number of carbonyl (C=O) groups is 2. The van der Waals surface area contributed by atoms with Crippen molar-refractivity contribution >= 4 is 11.9 Å². The van der Waals surface area contributed by atoms with Gasteiger partial charge in [0, 0.05) is 38.6 Å². The molecular formula is C12H24N4O2. The van der Waals surface area contributed by atoms with E-state index in [0.717, 1.165) is 25.8 Å². The lowest BCUT2D eigenvalue weighted by Crippen LogP contribution is -2.47. The van der Waals surface area contributed by atoms with Gasteiger partial charge in [0.05, 0.1) is 0 Å². The van der Waals surface area contributed by atoms with E-state index in [1.807, 2.05) is 6.92 Å². The third-order valence-electron chi connectivity index (χ3n) is 3.16. The molecule has 0 spiro atoms. The second-order valence-electron chi connectivity index (χ2n) is 4.65. The quantitative estimate of drug-likeness (QED) is 0.627. The van der Waals surface area contributed by atoms with Crippen LogP contribution in [0.5, 0.6) is 0 Å². The van der Waals surface area contributed by atoms with Crippen LogP contribution in [0.2, 0.25) is 0 Å². The van der Waals surface area contributed by atoms with Crippen LogP contribution < -0.4 is 16.4 Å². The molecule has 0 unspecified atom stereocenters. The van der Waals surface area contributed by atoms with Crippen LogP contribution in [0, 0.1) is 0 Å². The van der Waals surface area contributed by atoms with E-state index in [-0.39, 0.29) is 11.9 Å². The van der Waals surface area contributed by atoms with Gasteiger partial charge >= 0.3 is 6.03 Å². The Kier molecular flexibility index (Phi) is 6.49. The van der Waals surface area contributed by atoms with E-state index in [4.69, 9.17) is 5.73 Å². The van der Waals surface area contributed by atoms with E-state index in [0.29, 0.717) is 32.1 Å². The number of rotatable bonds is 6. The van der Waals surface area contributed by atoms with Crippen LogP contribution >= 0.6 is 0 Å². The molecule has 0 aromatic heterocycles. The number of hydrogen-bond donors (Lipinski definition) is 3. The molecule has 6 heteroatoms. The van der Waals surface area contributed by atoms with Gasteiger partial charge in [-0.25, -0.2) is 4.79 Å². The molecule has 0 aromatic carbocycles. The summed E-state index contributed by atoms with van der Waals surface area (Å²) in [7, 11) is 0. The number of hydrogen-bond acceptors (Lipinski definition) is 3. The first kappa shape index (κ1) is 14.8. The van der Waals surface area contributed by atoms with E-state index in [1.165, 1.54) is 0 Å². The van der Waals surface area contributed by atoms with Crippen molar-refractivity contribution in [2.75, 3.05) is 26.2 Å². The largest absolute Gasteiger partial charge is 0.356 e. The fourth-order valence-electron chi connectivity index (χ4n) is 2.05. The van der Waals surface area contributed by atoms with Gasteiger partial charge in [-0.05, 0) is 19.3 Å². The number of nitrogens with one attached hydrogen (secondary N) is 2. The van der Waals surface area contributed by atoms with Gasteiger partial charge in [0.2, 0.25) is 5.91 Å². The summed E-state index contributed by atoms with van der Waals surface area (Å²) < 4.78 is 0. The molecule has 0 bridgehead atoms. The second-order valence-corrected chi connectivity index (χ2v) is 4.65. The minimum atomic E-state index is -0.340. The van der Waals surface area contributed by atoms with Crippen LogP contribution in [0.25, 0.3) is 0 Å². The lowest BCUT2D eigenvalue weighted by molar-refractivity contribution is -0.121. The van der Waals surface area contributed by atoms with Gasteiger partial charge in [0.15, 0.2) is 0 Å². The number of likely N-dealkylation sites (tertiary alicyclic amines) is 1. The number of piperidine rings is 1. The van der Waals surface area contributed by atoms with Gasteiger partial charge in [0.1, 0.15) is 0 Å². The minimum Gasteiger partial charge on any atom is -0.356 e. The van der Waals surface area contributed by atoms with Crippen molar-refractivity contribution in [1.82, 2.24) is 15.5 Å². The minimum absolute atomic E-state index is 0.0962. The van der Waals surface area contributed by atoms with Crippen LogP contribution in [0.15, 0.2) is 0 Å². The number of amides is 3. The molecule has 0 aromatic rings. The molecule has 0 radical (unpaired) electrons. The lowest BCUT2D eigenvalue weighted by Gasteiger charge is -2.31. The maximum Gasteiger partial charge on any atom is 0.314 e. The molecule has 104 valence electrons. The number of nitrogens with zero attached hydrogens (tertiary/aromatic N) is 1. The number of nitrogens with two attached hydrogens (primary N) is 1. The topological polar surface area (TPSA) is 87.5 Å². The molecule has 0 saturated carbocycles. The van der Waals surface area contributed by atoms with Crippen LogP contribution in [0.3, 0.4) is 0 Å². The Morgan fingerprint density at radius 1 is 1.28 bits per heavy atom. The Balaban J connectivity index is 2.07. The van der Waals surface area contributed by atoms with E-state index in [9.17, 15) is 9.59 Å². The van der Waals surface area contributed by atoms with Crippen LogP contribution in [-0.4, -0.2) is 49.1 Å². The van der Waals surface area contributed by atoms with Crippen LogP contribution in [0.1, 0.15) is 32.6 Å². The molecule has 1 fully saturated rings. The highest BCUT2D eigenvalue weighted by Crippen LogP contribution is 2.09. The molecule has 0 aliphatic carbocycles. The van der Waals surface area contributed by atoms with Gasteiger partial charge < -0.3 is 21.3 Å². The summed E-state index contributed by atoms with van der Waals surface area (Å²) >= 11 is 0. The first-order valence-corrected chi connectivity index (χ1v) is 6.68. The average Bonchev–Trinajstić information content (AvgIpc) is 2.37. The Hall–Kier alpha value is -1.30. The molecule has 3 amide bonds. The molecule has 6 nitrogen and oxygen atoms in total. The van der Waals surface area contributed by atoms with Crippen molar-refractivity contribution in [3.05, 3.63) is 0 Å². The van der Waals surface area contributed by atoms with Crippen LogP contribution in [0.4, 0.5) is 4.79 Å². The first-order valence-electron chi connectivity index (χ1n) is 6.68. The zero-order valence-corrected chi connectivity index (χ0v) is 11.1. The summed E-state index contributed by atoms with van der Waals surface area (Å²) in [4.78, 5) is 24.0. The summed E-state index contributed by atoms with van der Waals surface area (Å²) in [5.41, 5.74) is 5.21. The molecule has 0 atom stereocenters. The van der Waals surface area contributed by atoms with Crippen molar-refractivity contribution in [1.29, 1.82) is 0 Å². The van der Waals surface area contributed by atoms with E-state index < -0.39 is 0 Å². The van der Waals surface area contributed by atoms with Crippen molar-refractivity contribution in [2.45, 2.75) is 38.6 Å². The lowest BCUT2D eigenvalue weighted by atomic mass is 10.1. The zero-order chi connectivity index (χ0) is 13.4. The monoisotopic (exact) mass is 256 g/mol. The highest BCUT2D eigenvalue weighted by molar-refractivity contribution is 5.76. The predicted octanol–water partition coefficient (Wildman–Crippen LogP) is 0.0354. The van der Waals surface area contributed by atoms with Crippen LogP contribution in [-0.2, 0) is 4.79 Å². The normalized spacial score (nSPS) is 16.6. The highest BCUT2D eigenvalue weighted by atomic mass is 16.2. The summed E-state index contributed by atoms with van der Waals surface area (Å²) in [6.07, 6.45) is 3.28. The third kappa shape index (κ3) is 5.35. The Morgan fingerprint density at radius 3 is 2.50 bits per heavy atom. The molecule has 1 saturated heterocycles. The Labute approximate surface area is 108 Å². The van der Waals surface area contributed by atoms with Gasteiger partial charge in [-0.2, -0.15) is 0 Å². The number of urea groups is 1. The third-order valence-corrected chi connectivity index (χ3v) is 3.16. The second kappa shape index (κ2) is 7.92. The first-order chi connectivity index (χ1) is 8.63. The molecule has 18 heavy (non-hydrogen) atoms. The van der Waals surface area contributed by atoms with Gasteiger partial charge in [0.25, 0.3) is 0 Å². The average molecular weight is 256 g/mol. The van der Waals surface area contributed by atoms with Crippen molar-refractivity contribution in [3.8, 4) is 0 Å². The summed E-state index contributed by atoms with van der Waals surface area (Å²) in [5, 5.41) is 6.19. The molecule has 1 aliphatic rings. The number of carbonyl (C=O) groups excluding carboxylic acids is 2. The molecule has 1 rings (SSSR count). The SMILES string of the molecule is CCCNC(=O)CCNC1CCN(C(N)=O)CC1. The fourth-order valence-corrected chi connectivity index (χ4v) is 2.05. The van der Waals surface area contributed by atoms with Crippen molar-refractivity contribution in [3.63, 3.8) is 0 Å². The summed E-state index contributed by atoms with van der Waals surface area (Å²) in [6, 6.07) is 0.0481. The van der Waals surface area contributed by atoms with Gasteiger partial charge in [-0.1, -0.05) is 6.92 Å².